The summed E-state index contributed by atoms with van der Waals surface area (Å²) in [4.78, 5) is 9.22. The monoisotopic (exact) mass is 399 g/mol. The molecule has 21 heavy (non-hydrogen) atoms. The number of hydrogen-bond acceptors (Lipinski definition) is 5. The molecule has 0 spiro atoms. The Labute approximate surface area is 138 Å². The van der Waals surface area contributed by atoms with Crippen molar-refractivity contribution in [3.63, 3.8) is 0 Å². The SMILES string of the molecule is CCc1nc(-c2ccc(OC)c(OC)c2)nc(NC)c1I. The van der Waals surface area contributed by atoms with Crippen LogP contribution in [0.1, 0.15) is 12.6 Å². The van der Waals surface area contributed by atoms with Crippen molar-refractivity contribution in [2.75, 3.05) is 26.6 Å². The summed E-state index contributed by atoms with van der Waals surface area (Å²) in [5.74, 6) is 2.88. The molecule has 6 heteroatoms. The molecule has 1 aromatic heterocycles. The summed E-state index contributed by atoms with van der Waals surface area (Å²) in [5, 5.41) is 3.12. The second-order valence-electron chi connectivity index (χ2n) is 4.33. The number of methoxy groups -OCH3 is 2. The van der Waals surface area contributed by atoms with Crippen molar-refractivity contribution in [2.45, 2.75) is 13.3 Å². The minimum atomic E-state index is 0.668. The fourth-order valence-electron chi connectivity index (χ4n) is 2.00. The fourth-order valence-corrected chi connectivity index (χ4v) is 2.89. The Morgan fingerprint density at radius 1 is 1.14 bits per heavy atom. The molecule has 0 amide bonds. The number of aromatic nitrogens is 2. The first kappa shape index (κ1) is 15.8. The first-order valence-electron chi connectivity index (χ1n) is 6.61. The zero-order valence-corrected chi connectivity index (χ0v) is 14.7. The van der Waals surface area contributed by atoms with Crippen LogP contribution in [0.2, 0.25) is 0 Å². The van der Waals surface area contributed by atoms with E-state index in [9.17, 15) is 0 Å². The van der Waals surface area contributed by atoms with Crippen LogP contribution in [0.3, 0.4) is 0 Å². The maximum atomic E-state index is 5.34. The Bertz CT molecular complexity index is 622. The lowest BCUT2D eigenvalue weighted by molar-refractivity contribution is 0.355. The zero-order valence-electron chi connectivity index (χ0n) is 12.5. The number of anilines is 1. The molecule has 0 aliphatic rings. The van der Waals surface area contributed by atoms with E-state index in [0.29, 0.717) is 17.3 Å². The van der Waals surface area contributed by atoms with E-state index >= 15 is 0 Å². The van der Waals surface area contributed by atoms with Gasteiger partial charge in [0.2, 0.25) is 0 Å². The van der Waals surface area contributed by atoms with Gasteiger partial charge >= 0.3 is 0 Å². The van der Waals surface area contributed by atoms with Crippen LogP contribution >= 0.6 is 22.6 Å². The van der Waals surface area contributed by atoms with E-state index in [4.69, 9.17) is 9.47 Å². The molecule has 5 nitrogen and oxygen atoms in total. The molecule has 0 saturated heterocycles. The van der Waals surface area contributed by atoms with Gasteiger partial charge in [-0.3, -0.25) is 0 Å². The highest BCUT2D eigenvalue weighted by molar-refractivity contribution is 14.1. The van der Waals surface area contributed by atoms with Crippen LogP contribution in [0.4, 0.5) is 5.82 Å². The van der Waals surface area contributed by atoms with Crippen molar-refractivity contribution in [3.8, 4) is 22.9 Å². The van der Waals surface area contributed by atoms with Crippen LogP contribution in [-0.2, 0) is 6.42 Å². The minimum absolute atomic E-state index is 0.668. The van der Waals surface area contributed by atoms with E-state index in [1.54, 1.807) is 14.2 Å². The molecule has 2 rings (SSSR count). The lowest BCUT2D eigenvalue weighted by atomic mass is 10.1. The van der Waals surface area contributed by atoms with E-state index in [-0.39, 0.29) is 0 Å². The van der Waals surface area contributed by atoms with E-state index < -0.39 is 0 Å². The maximum absolute atomic E-state index is 5.34. The third kappa shape index (κ3) is 3.20. The summed E-state index contributed by atoms with van der Waals surface area (Å²) in [7, 11) is 5.10. The van der Waals surface area contributed by atoms with Crippen LogP contribution in [0, 0.1) is 3.57 Å². The van der Waals surface area contributed by atoms with Crippen molar-refractivity contribution >= 4 is 28.4 Å². The van der Waals surface area contributed by atoms with Gasteiger partial charge in [0.15, 0.2) is 17.3 Å². The molecule has 0 aliphatic carbocycles. The third-order valence-electron chi connectivity index (χ3n) is 3.13. The van der Waals surface area contributed by atoms with Crippen molar-refractivity contribution in [2.24, 2.45) is 0 Å². The predicted octanol–water partition coefficient (Wildman–Crippen LogP) is 3.37. The summed E-state index contributed by atoms with van der Waals surface area (Å²) in [6.07, 6.45) is 0.857. The second-order valence-corrected chi connectivity index (χ2v) is 5.41. The van der Waals surface area contributed by atoms with Gasteiger partial charge < -0.3 is 14.8 Å². The average molecular weight is 399 g/mol. The Morgan fingerprint density at radius 2 is 1.86 bits per heavy atom. The van der Waals surface area contributed by atoms with Gasteiger partial charge in [-0.25, -0.2) is 9.97 Å². The number of halogens is 1. The zero-order chi connectivity index (χ0) is 15.4. The molecule has 1 aromatic carbocycles. The molecule has 112 valence electrons. The quantitative estimate of drug-likeness (QED) is 0.782. The molecule has 1 N–H and O–H groups in total. The molecule has 1 heterocycles. The minimum Gasteiger partial charge on any atom is -0.493 e. The fraction of sp³-hybridized carbons (Fsp3) is 0.333. The van der Waals surface area contributed by atoms with Crippen LogP contribution in [0.15, 0.2) is 18.2 Å². The third-order valence-corrected chi connectivity index (χ3v) is 4.27. The van der Waals surface area contributed by atoms with Gasteiger partial charge in [0.25, 0.3) is 0 Å². The molecular weight excluding hydrogens is 381 g/mol. The topological polar surface area (TPSA) is 56.3 Å². The highest BCUT2D eigenvalue weighted by Gasteiger charge is 2.13. The lowest BCUT2D eigenvalue weighted by Crippen LogP contribution is -2.05. The summed E-state index contributed by atoms with van der Waals surface area (Å²) >= 11 is 2.27. The van der Waals surface area contributed by atoms with Gasteiger partial charge in [0, 0.05) is 12.6 Å². The molecule has 0 saturated carbocycles. The first-order valence-corrected chi connectivity index (χ1v) is 7.69. The predicted molar refractivity (Wildman–Crippen MR) is 92.2 cm³/mol. The molecule has 0 aliphatic heterocycles. The number of benzene rings is 1. The largest absolute Gasteiger partial charge is 0.493 e. The van der Waals surface area contributed by atoms with Gasteiger partial charge in [-0.1, -0.05) is 6.92 Å². The number of ether oxygens (including phenoxy) is 2. The molecule has 0 atom stereocenters. The average Bonchev–Trinajstić information content (AvgIpc) is 2.54. The molecule has 0 unspecified atom stereocenters. The Balaban J connectivity index is 2.56. The van der Waals surface area contributed by atoms with E-state index in [2.05, 4.69) is 44.8 Å². The van der Waals surface area contributed by atoms with Gasteiger partial charge in [0.1, 0.15) is 5.82 Å². The smallest absolute Gasteiger partial charge is 0.161 e. The normalized spacial score (nSPS) is 10.3. The summed E-state index contributed by atoms with van der Waals surface area (Å²) in [5.41, 5.74) is 1.93. The molecular formula is C15H18IN3O2. The van der Waals surface area contributed by atoms with Crippen molar-refractivity contribution < 1.29 is 9.47 Å². The van der Waals surface area contributed by atoms with E-state index in [1.807, 2.05) is 25.2 Å². The number of rotatable bonds is 5. The number of nitrogens with zero attached hydrogens (tertiary/aromatic N) is 2. The summed E-state index contributed by atoms with van der Waals surface area (Å²) in [6.45, 7) is 2.09. The second kappa shape index (κ2) is 6.93. The van der Waals surface area contributed by atoms with Gasteiger partial charge in [-0.2, -0.15) is 0 Å². The number of nitrogens with one attached hydrogen (secondary N) is 1. The van der Waals surface area contributed by atoms with Crippen LogP contribution in [0.25, 0.3) is 11.4 Å². The van der Waals surface area contributed by atoms with Crippen molar-refractivity contribution in [1.29, 1.82) is 0 Å². The van der Waals surface area contributed by atoms with E-state index in [0.717, 1.165) is 27.1 Å². The molecule has 0 bridgehead atoms. The van der Waals surface area contributed by atoms with Crippen LogP contribution in [-0.4, -0.2) is 31.2 Å². The molecule has 0 radical (unpaired) electrons. The van der Waals surface area contributed by atoms with Gasteiger partial charge in [0.05, 0.1) is 23.5 Å². The first-order chi connectivity index (χ1) is 10.1. The maximum Gasteiger partial charge on any atom is 0.161 e. The van der Waals surface area contributed by atoms with Crippen molar-refractivity contribution in [1.82, 2.24) is 9.97 Å². The van der Waals surface area contributed by atoms with Crippen molar-refractivity contribution in [3.05, 3.63) is 27.5 Å². The van der Waals surface area contributed by atoms with Gasteiger partial charge in [-0.15, -0.1) is 0 Å². The summed E-state index contributed by atoms with van der Waals surface area (Å²) < 4.78 is 11.7. The van der Waals surface area contributed by atoms with E-state index in [1.165, 1.54) is 0 Å². The van der Waals surface area contributed by atoms with Gasteiger partial charge in [-0.05, 0) is 47.2 Å². The number of aryl methyl sites for hydroxylation is 1. The molecule has 0 fully saturated rings. The number of hydrogen-bond donors (Lipinski definition) is 1. The highest BCUT2D eigenvalue weighted by atomic mass is 127. The lowest BCUT2D eigenvalue weighted by Gasteiger charge is -2.12. The Hall–Kier alpha value is -1.57. The summed E-state index contributed by atoms with van der Waals surface area (Å²) in [6, 6.07) is 5.68. The Morgan fingerprint density at radius 3 is 2.43 bits per heavy atom. The standard InChI is InChI=1S/C15H18IN3O2/c1-5-10-13(16)15(17-2)19-14(18-10)9-6-7-11(20-3)12(8-9)21-4/h6-8H,5H2,1-4H3,(H,17,18,19). The highest BCUT2D eigenvalue weighted by Crippen LogP contribution is 2.32. The molecule has 2 aromatic rings. The van der Waals surface area contributed by atoms with Crippen LogP contribution in [0.5, 0.6) is 11.5 Å². The van der Waals surface area contributed by atoms with Crippen LogP contribution < -0.4 is 14.8 Å². The Kier molecular flexibility index (Phi) is 5.22.